The molecule has 0 heterocycles. The maximum absolute atomic E-state index is 11.1. The van der Waals surface area contributed by atoms with Gasteiger partial charge in [-0.15, -0.1) is 0 Å². The van der Waals surface area contributed by atoms with Gasteiger partial charge in [0, 0.05) is 6.54 Å². The molecule has 0 aromatic heterocycles. The lowest BCUT2D eigenvalue weighted by atomic mass is 10.4. The molecule has 3 nitrogen and oxygen atoms in total. The summed E-state index contributed by atoms with van der Waals surface area (Å²) < 4.78 is 0. The summed E-state index contributed by atoms with van der Waals surface area (Å²) in [6, 6.07) is 0. The van der Waals surface area contributed by atoms with Crippen LogP contribution in [0, 0.1) is 0 Å². The molecule has 2 unspecified atom stereocenters. The first-order chi connectivity index (χ1) is 5.90. The van der Waals surface area contributed by atoms with Crippen molar-refractivity contribution in [3.05, 3.63) is 12.4 Å². The van der Waals surface area contributed by atoms with Gasteiger partial charge < -0.3 is 10.6 Å². The molecule has 0 spiro atoms. The number of rotatable bonds is 6. The number of ketones is 1. The quantitative estimate of drug-likeness (QED) is 0.657. The van der Waals surface area contributed by atoms with Gasteiger partial charge in [0.05, 0.1) is 5.82 Å². The van der Waals surface area contributed by atoms with E-state index in [-0.39, 0.29) is 5.78 Å². The van der Waals surface area contributed by atoms with Crippen LogP contribution >= 0.6 is 18.5 Å². The van der Waals surface area contributed by atoms with E-state index in [1.165, 1.54) is 6.92 Å². The molecule has 0 aliphatic rings. The zero-order valence-corrected chi connectivity index (χ0v) is 10.5. The van der Waals surface area contributed by atoms with Crippen LogP contribution in [0.3, 0.4) is 0 Å². The van der Waals surface area contributed by atoms with Gasteiger partial charge in [-0.3, -0.25) is 4.79 Å². The van der Waals surface area contributed by atoms with Crippen LogP contribution in [0.5, 0.6) is 0 Å². The first-order valence-electron chi connectivity index (χ1n) is 4.20. The summed E-state index contributed by atoms with van der Waals surface area (Å²) in [7, 11) is 4.89. The third-order valence-corrected chi connectivity index (χ3v) is 2.63. The van der Waals surface area contributed by atoms with Crippen LogP contribution in [0.4, 0.5) is 0 Å². The lowest BCUT2D eigenvalue weighted by molar-refractivity contribution is -0.117. The fourth-order valence-electron chi connectivity index (χ4n) is 0.658. The van der Waals surface area contributed by atoms with Crippen molar-refractivity contribution < 1.29 is 4.79 Å². The molecule has 76 valence electrons. The maximum atomic E-state index is 11.1. The smallest absolute Gasteiger partial charge is 0.162 e. The van der Waals surface area contributed by atoms with Gasteiger partial charge in [-0.1, -0.05) is 32.0 Å². The normalized spacial score (nSPS) is 10.8. The van der Waals surface area contributed by atoms with E-state index < -0.39 is 5.02 Å². The molecule has 0 rings (SSSR count). The van der Waals surface area contributed by atoms with Crippen LogP contribution in [-0.4, -0.2) is 17.3 Å². The van der Waals surface area contributed by atoms with E-state index in [2.05, 4.69) is 42.6 Å². The predicted octanol–water partition coefficient (Wildman–Crippen LogP) is 1.04. The van der Waals surface area contributed by atoms with E-state index in [0.717, 1.165) is 13.0 Å². The molecule has 0 aromatic rings. The molecule has 0 bridgehead atoms. The van der Waals surface area contributed by atoms with Gasteiger partial charge in [-0.05, 0) is 13.3 Å². The number of carbonyl (C=O) groups is 1. The summed E-state index contributed by atoms with van der Waals surface area (Å²) in [4.78, 5) is 11.1. The van der Waals surface area contributed by atoms with Crippen LogP contribution in [0.25, 0.3) is 0 Å². The van der Waals surface area contributed by atoms with Gasteiger partial charge in [0.1, 0.15) is 5.02 Å². The lowest BCUT2D eigenvalue weighted by Gasteiger charge is -2.25. The largest absolute Gasteiger partial charge is 0.372 e. The first-order valence-corrected chi connectivity index (χ1v) is 5.35. The van der Waals surface area contributed by atoms with E-state index in [1.54, 1.807) is 0 Å². The number of hydrogen-bond donors (Lipinski definition) is 2. The second kappa shape index (κ2) is 5.57. The zero-order valence-electron chi connectivity index (χ0n) is 8.18. The molecule has 2 atom stereocenters. The molecular weight excluding hydrogens is 202 g/mol. The third-order valence-electron chi connectivity index (χ3n) is 1.53. The van der Waals surface area contributed by atoms with E-state index in [1.807, 2.05) is 0 Å². The minimum absolute atomic E-state index is 0.0296. The fraction of sp³-hybridized carbons (Fsp3) is 0.625. The number of nitrogens with one attached hydrogen (secondary N) is 2. The Morgan fingerprint density at radius 3 is 2.46 bits per heavy atom. The zero-order chi connectivity index (χ0) is 10.5. The average molecular weight is 220 g/mol. The predicted molar refractivity (Wildman–Crippen MR) is 63.4 cm³/mol. The van der Waals surface area contributed by atoms with Crippen molar-refractivity contribution in [2.24, 2.45) is 0 Å². The van der Waals surface area contributed by atoms with Crippen molar-refractivity contribution in [3.8, 4) is 0 Å². The third kappa shape index (κ3) is 5.23. The van der Waals surface area contributed by atoms with Crippen LogP contribution in [0.2, 0.25) is 0 Å². The summed E-state index contributed by atoms with van der Waals surface area (Å²) in [5.74, 6) is 0.698. The average Bonchev–Trinajstić information content (AvgIpc) is 1.99. The number of Topliss-reactive ketones (excluding diaryl/α,β-unsaturated/α-hetero) is 1. The van der Waals surface area contributed by atoms with E-state index in [9.17, 15) is 4.79 Å². The second-order valence-corrected chi connectivity index (χ2v) is 5.44. The summed E-state index contributed by atoms with van der Waals surface area (Å²) in [6.07, 6.45) is 1.03. The summed E-state index contributed by atoms with van der Waals surface area (Å²) >= 11 is 0. The Morgan fingerprint density at radius 2 is 2.08 bits per heavy atom. The molecule has 0 radical (unpaired) electrons. The maximum Gasteiger partial charge on any atom is 0.162 e. The Labute approximate surface area is 84.5 Å². The van der Waals surface area contributed by atoms with Crippen LogP contribution in [0.15, 0.2) is 12.4 Å². The standard InChI is InChI=1S/C8H18N2OP2/c1-4-5-9-7(3)10-8(12,13)6(2)11/h9-10H,3-5,12-13H2,1-2H3. The van der Waals surface area contributed by atoms with Gasteiger partial charge in [0.15, 0.2) is 5.78 Å². The molecule has 5 heteroatoms. The monoisotopic (exact) mass is 220 g/mol. The highest BCUT2D eigenvalue weighted by molar-refractivity contribution is 7.42. The van der Waals surface area contributed by atoms with Crippen LogP contribution in [-0.2, 0) is 4.79 Å². The van der Waals surface area contributed by atoms with Crippen molar-refractivity contribution in [3.63, 3.8) is 0 Å². The molecule has 0 aliphatic carbocycles. The molecule has 0 saturated heterocycles. The summed E-state index contributed by atoms with van der Waals surface area (Å²) in [5.41, 5.74) is 0. The van der Waals surface area contributed by atoms with Gasteiger partial charge in [0.2, 0.25) is 0 Å². The topological polar surface area (TPSA) is 41.1 Å². The SMILES string of the molecule is C=C(NCCC)NC(P)(P)C(C)=O. The minimum Gasteiger partial charge on any atom is -0.372 e. The lowest BCUT2D eigenvalue weighted by Crippen LogP contribution is -2.42. The second-order valence-electron chi connectivity index (χ2n) is 2.96. The van der Waals surface area contributed by atoms with E-state index in [4.69, 9.17) is 0 Å². The molecule has 0 aliphatic heterocycles. The Kier molecular flexibility index (Phi) is 5.51. The highest BCUT2D eigenvalue weighted by Gasteiger charge is 2.23. The van der Waals surface area contributed by atoms with Gasteiger partial charge in [0.25, 0.3) is 0 Å². The molecule has 0 aromatic carbocycles. The number of carbonyl (C=O) groups excluding carboxylic acids is 1. The molecule has 0 fully saturated rings. The Morgan fingerprint density at radius 1 is 1.54 bits per heavy atom. The Balaban J connectivity index is 3.97. The molecule has 13 heavy (non-hydrogen) atoms. The van der Waals surface area contributed by atoms with Crippen molar-refractivity contribution in [1.82, 2.24) is 10.6 Å². The molecule has 0 saturated carbocycles. The first kappa shape index (κ1) is 12.9. The van der Waals surface area contributed by atoms with Crippen molar-refractivity contribution in [2.45, 2.75) is 25.3 Å². The molecule has 2 N–H and O–H groups in total. The van der Waals surface area contributed by atoms with Crippen LogP contribution < -0.4 is 10.6 Å². The Bertz CT molecular complexity index is 204. The summed E-state index contributed by atoms with van der Waals surface area (Å²) in [5, 5.41) is 5.32. The van der Waals surface area contributed by atoms with Crippen molar-refractivity contribution in [1.29, 1.82) is 0 Å². The highest BCUT2D eigenvalue weighted by atomic mass is 31.1. The number of hydrogen-bond acceptors (Lipinski definition) is 3. The highest BCUT2D eigenvalue weighted by Crippen LogP contribution is 2.24. The van der Waals surface area contributed by atoms with Crippen molar-refractivity contribution in [2.75, 3.05) is 6.54 Å². The van der Waals surface area contributed by atoms with E-state index >= 15 is 0 Å². The summed E-state index contributed by atoms with van der Waals surface area (Å²) in [6.45, 7) is 8.21. The van der Waals surface area contributed by atoms with Gasteiger partial charge in [-0.2, -0.15) is 0 Å². The Hall–Kier alpha value is -0.130. The van der Waals surface area contributed by atoms with E-state index in [0.29, 0.717) is 5.82 Å². The minimum atomic E-state index is -0.697. The van der Waals surface area contributed by atoms with Crippen LogP contribution in [0.1, 0.15) is 20.3 Å². The molecular formula is C8H18N2OP2. The molecule has 0 amide bonds. The fourth-order valence-corrected chi connectivity index (χ4v) is 1.01. The van der Waals surface area contributed by atoms with Gasteiger partial charge >= 0.3 is 0 Å². The van der Waals surface area contributed by atoms with Crippen molar-refractivity contribution >= 4 is 24.3 Å². The van der Waals surface area contributed by atoms with Gasteiger partial charge in [-0.25, -0.2) is 0 Å².